The summed E-state index contributed by atoms with van der Waals surface area (Å²) in [6, 6.07) is 0.304. The highest BCUT2D eigenvalue weighted by Crippen LogP contribution is 2.14. The van der Waals surface area contributed by atoms with Gasteiger partial charge in [-0.2, -0.15) is 0 Å². The average Bonchev–Trinajstić information content (AvgIpc) is 2.72. The van der Waals surface area contributed by atoms with Crippen LogP contribution in [0.2, 0.25) is 0 Å². The molecule has 7 nitrogen and oxygen atoms in total. The number of hydrogen-bond acceptors (Lipinski definition) is 7. The van der Waals surface area contributed by atoms with Crippen molar-refractivity contribution in [2.75, 3.05) is 26.4 Å². The molecular formula is C23H55N3O4. The third kappa shape index (κ3) is 22.4. The van der Waals surface area contributed by atoms with Gasteiger partial charge in [-0.25, -0.2) is 0 Å². The molecule has 0 bridgehead atoms. The highest BCUT2D eigenvalue weighted by atomic mass is 16.7. The van der Waals surface area contributed by atoms with E-state index in [1.807, 2.05) is 34.6 Å². The van der Waals surface area contributed by atoms with Crippen LogP contribution in [0.15, 0.2) is 0 Å². The second kappa shape index (κ2) is 20.6. The van der Waals surface area contributed by atoms with Gasteiger partial charge in [-0.3, -0.25) is 0 Å². The van der Waals surface area contributed by atoms with E-state index in [0.717, 1.165) is 32.3 Å². The number of rotatable bonds is 16. The van der Waals surface area contributed by atoms with E-state index >= 15 is 0 Å². The van der Waals surface area contributed by atoms with Gasteiger partial charge in [-0.05, 0) is 46.0 Å². The second-order valence-electron chi connectivity index (χ2n) is 8.27. The summed E-state index contributed by atoms with van der Waals surface area (Å²) in [6.45, 7) is 18.6. The van der Waals surface area contributed by atoms with Crippen molar-refractivity contribution in [1.29, 1.82) is 0 Å². The Kier molecular flexibility index (Phi) is 23.6. The molecule has 0 aromatic heterocycles. The average molecular weight is 438 g/mol. The summed E-state index contributed by atoms with van der Waals surface area (Å²) in [5.41, 5.74) is 17.2. The van der Waals surface area contributed by atoms with Gasteiger partial charge in [-0.1, -0.05) is 48.5 Å². The summed E-state index contributed by atoms with van der Waals surface area (Å²) in [6.07, 6.45) is 3.68. The largest absolute Gasteiger partial charge is 0.351 e. The Labute approximate surface area is 187 Å². The molecule has 0 saturated heterocycles. The van der Waals surface area contributed by atoms with Crippen LogP contribution in [0, 0.1) is 5.92 Å². The van der Waals surface area contributed by atoms with Crippen LogP contribution >= 0.6 is 0 Å². The lowest BCUT2D eigenvalue weighted by Crippen LogP contribution is -2.36. The van der Waals surface area contributed by atoms with E-state index in [-0.39, 0.29) is 31.8 Å². The van der Waals surface area contributed by atoms with Crippen LogP contribution in [0.1, 0.15) is 88.5 Å². The zero-order chi connectivity index (χ0) is 22.9. The summed E-state index contributed by atoms with van der Waals surface area (Å²) in [4.78, 5) is 0. The Hall–Kier alpha value is -0.280. The second-order valence-corrected chi connectivity index (χ2v) is 8.27. The van der Waals surface area contributed by atoms with E-state index in [4.69, 9.17) is 36.1 Å². The molecule has 0 heterocycles. The van der Waals surface area contributed by atoms with E-state index in [9.17, 15) is 0 Å². The van der Waals surface area contributed by atoms with Crippen LogP contribution in [-0.4, -0.2) is 56.6 Å². The smallest absolute Gasteiger partial charge is 0.162 e. The minimum absolute atomic E-state index is 0. The van der Waals surface area contributed by atoms with Crippen LogP contribution in [0.5, 0.6) is 0 Å². The van der Waals surface area contributed by atoms with Gasteiger partial charge in [0.05, 0.1) is 26.4 Å². The minimum Gasteiger partial charge on any atom is -0.351 e. The quantitative estimate of drug-likeness (QED) is 0.312. The summed E-state index contributed by atoms with van der Waals surface area (Å²) < 4.78 is 22.1. The molecule has 0 aliphatic carbocycles. The molecule has 0 saturated carbocycles. The third-order valence-electron chi connectivity index (χ3n) is 4.72. The van der Waals surface area contributed by atoms with Crippen molar-refractivity contribution in [2.45, 2.75) is 119 Å². The van der Waals surface area contributed by atoms with Crippen LogP contribution in [0.25, 0.3) is 0 Å². The molecule has 0 aromatic carbocycles. The Bertz CT molecular complexity index is 329. The molecule has 0 spiro atoms. The van der Waals surface area contributed by atoms with Gasteiger partial charge < -0.3 is 36.1 Å². The van der Waals surface area contributed by atoms with E-state index in [2.05, 4.69) is 20.8 Å². The van der Waals surface area contributed by atoms with E-state index in [0.29, 0.717) is 25.7 Å². The van der Waals surface area contributed by atoms with Crippen LogP contribution in [0.4, 0.5) is 0 Å². The van der Waals surface area contributed by atoms with Crippen molar-refractivity contribution < 1.29 is 18.9 Å². The fourth-order valence-electron chi connectivity index (χ4n) is 1.73. The Balaban J connectivity index is -0.000000471. The lowest BCUT2D eigenvalue weighted by molar-refractivity contribution is -0.220. The fourth-order valence-corrected chi connectivity index (χ4v) is 1.73. The molecule has 30 heavy (non-hydrogen) atoms. The molecule has 0 aliphatic rings. The molecule has 6 N–H and O–H groups in total. The van der Waals surface area contributed by atoms with Gasteiger partial charge >= 0.3 is 0 Å². The molecule has 7 heteroatoms. The van der Waals surface area contributed by atoms with Gasteiger partial charge in [0.25, 0.3) is 0 Å². The molecule has 4 atom stereocenters. The predicted octanol–water partition coefficient (Wildman–Crippen LogP) is 4.02. The topological polar surface area (TPSA) is 115 Å². The Morgan fingerprint density at radius 1 is 0.633 bits per heavy atom. The highest BCUT2D eigenvalue weighted by molar-refractivity contribution is 4.62. The van der Waals surface area contributed by atoms with E-state index < -0.39 is 5.79 Å². The molecular weight excluding hydrogens is 382 g/mol. The molecule has 0 aromatic rings. The van der Waals surface area contributed by atoms with Gasteiger partial charge in [0.1, 0.15) is 0 Å². The summed E-state index contributed by atoms with van der Waals surface area (Å²) in [7, 11) is 0. The number of ether oxygens (including phenoxy) is 4. The summed E-state index contributed by atoms with van der Waals surface area (Å²) in [5, 5.41) is 0. The molecule has 0 aliphatic heterocycles. The van der Waals surface area contributed by atoms with Gasteiger partial charge in [0.15, 0.2) is 12.1 Å². The lowest BCUT2D eigenvalue weighted by Gasteiger charge is -2.28. The molecule has 0 radical (unpaired) electrons. The zero-order valence-corrected chi connectivity index (χ0v) is 20.4. The summed E-state index contributed by atoms with van der Waals surface area (Å²) >= 11 is 0. The molecule has 0 amide bonds. The monoisotopic (exact) mass is 437 g/mol. The van der Waals surface area contributed by atoms with Gasteiger partial charge in [0.2, 0.25) is 0 Å². The van der Waals surface area contributed by atoms with E-state index in [1.54, 1.807) is 0 Å². The normalized spacial score (nSPS) is 16.5. The first-order valence-corrected chi connectivity index (χ1v) is 11.3. The van der Waals surface area contributed by atoms with E-state index in [1.165, 1.54) is 0 Å². The maximum Gasteiger partial charge on any atom is 0.162 e. The van der Waals surface area contributed by atoms with Crippen molar-refractivity contribution in [3.63, 3.8) is 0 Å². The number of hydrogen-bond donors (Lipinski definition) is 3. The highest BCUT2D eigenvalue weighted by Gasteiger charge is 2.20. The molecule has 0 rings (SSSR count). The summed E-state index contributed by atoms with van der Waals surface area (Å²) in [5.74, 6) is 0.0590. The Morgan fingerprint density at radius 2 is 1.00 bits per heavy atom. The first-order chi connectivity index (χ1) is 13.5. The minimum atomic E-state index is -0.518. The molecule has 186 valence electrons. The van der Waals surface area contributed by atoms with Crippen LogP contribution < -0.4 is 17.2 Å². The van der Waals surface area contributed by atoms with Crippen molar-refractivity contribution in [3.8, 4) is 0 Å². The molecule has 0 fully saturated rings. The van der Waals surface area contributed by atoms with Gasteiger partial charge in [-0.15, -0.1) is 0 Å². The maximum atomic E-state index is 5.78. The predicted molar refractivity (Wildman–Crippen MR) is 128 cm³/mol. The van der Waals surface area contributed by atoms with Crippen LogP contribution in [0.3, 0.4) is 0 Å². The first-order valence-electron chi connectivity index (χ1n) is 11.3. The first kappa shape index (κ1) is 34.3. The Morgan fingerprint density at radius 3 is 1.37 bits per heavy atom. The van der Waals surface area contributed by atoms with Gasteiger partial charge in [0, 0.05) is 18.1 Å². The van der Waals surface area contributed by atoms with Crippen molar-refractivity contribution >= 4 is 0 Å². The van der Waals surface area contributed by atoms with Crippen LogP contribution in [-0.2, 0) is 18.9 Å². The maximum absolute atomic E-state index is 5.78. The fraction of sp³-hybridized carbons (Fsp3) is 1.00. The third-order valence-corrected chi connectivity index (χ3v) is 4.72. The van der Waals surface area contributed by atoms with Crippen molar-refractivity contribution in [1.82, 2.24) is 0 Å². The zero-order valence-electron chi connectivity index (χ0n) is 20.4. The molecule has 4 unspecified atom stereocenters. The number of nitrogens with two attached hydrogens (primary N) is 3. The van der Waals surface area contributed by atoms with Crippen molar-refractivity contribution in [2.24, 2.45) is 23.1 Å². The van der Waals surface area contributed by atoms with Crippen molar-refractivity contribution in [3.05, 3.63) is 0 Å². The SMILES string of the molecule is C.CCC(C)COC(C)(C)OCC(N)CC.CCC(N)COC(C)OCC(N)CC. The lowest BCUT2D eigenvalue weighted by atomic mass is 10.1. The standard InChI is InChI=1S/C12H27NO2.C10H24N2O2.CH4/c1-6-10(3)8-14-12(4,5)15-9-11(13)7-2;1-4-9(11)6-13-8(3)14-7-10(12)5-2;/h10-11H,6-9,13H2,1-5H3;8-10H,4-7,11-12H2,1-3H3;1H4.